The van der Waals surface area contributed by atoms with E-state index in [0.29, 0.717) is 0 Å². The third kappa shape index (κ3) is 7.78. The molecule has 344 valence electrons. The van der Waals surface area contributed by atoms with Crippen molar-refractivity contribution >= 4 is 44.9 Å². The van der Waals surface area contributed by atoms with Crippen LogP contribution in [0, 0.1) is 0 Å². The van der Waals surface area contributed by atoms with Crippen LogP contribution >= 0.6 is 0 Å². The Kier molecular flexibility index (Phi) is 11.1. The van der Waals surface area contributed by atoms with E-state index in [1.807, 2.05) is 0 Å². The van der Waals surface area contributed by atoms with E-state index in [0.717, 1.165) is 45.3 Å². The number of para-hydroxylation sites is 2. The maximum Gasteiger partial charge on any atom is 0.0713 e. The first kappa shape index (κ1) is 43.5. The lowest BCUT2D eigenvalue weighted by Crippen LogP contribution is -2.34. The van der Waals surface area contributed by atoms with E-state index < -0.39 is 5.41 Å². The lowest BCUT2D eigenvalue weighted by atomic mass is 9.59. The van der Waals surface area contributed by atoms with E-state index in [2.05, 4.69) is 313 Å². The minimum Gasteiger partial charge on any atom is -0.310 e. The molecule has 13 rings (SSSR count). The highest BCUT2D eigenvalue weighted by Crippen LogP contribution is 2.56. The molecule has 0 amide bonds. The second-order valence-corrected chi connectivity index (χ2v) is 18.9. The van der Waals surface area contributed by atoms with Gasteiger partial charge in [-0.15, -0.1) is 0 Å². The molecule has 0 saturated heterocycles. The van der Waals surface area contributed by atoms with Gasteiger partial charge in [0, 0.05) is 34.1 Å². The smallest absolute Gasteiger partial charge is 0.0713 e. The van der Waals surface area contributed by atoms with Crippen LogP contribution in [0.1, 0.15) is 22.3 Å². The van der Waals surface area contributed by atoms with Gasteiger partial charge in [-0.25, -0.2) is 0 Å². The molecule has 0 radical (unpaired) electrons. The fourth-order valence-electron chi connectivity index (χ4n) is 11.4. The highest BCUT2D eigenvalue weighted by atomic mass is 15.2. The fourth-order valence-corrected chi connectivity index (χ4v) is 11.4. The maximum atomic E-state index is 2.50. The predicted octanol–water partition coefficient (Wildman–Crippen LogP) is 19.1. The Balaban J connectivity index is 1.07. The van der Waals surface area contributed by atoms with Crippen molar-refractivity contribution in [3.8, 4) is 44.5 Å². The van der Waals surface area contributed by atoms with Gasteiger partial charge in [0.15, 0.2) is 0 Å². The Labute approximate surface area is 428 Å². The molecule has 1 aliphatic carbocycles. The molecule has 0 aromatic heterocycles. The average Bonchev–Trinajstić information content (AvgIpc) is 3.47. The van der Waals surface area contributed by atoms with Crippen molar-refractivity contribution in [3.05, 3.63) is 326 Å². The van der Waals surface area contributed by atoms with Crippen LogP contribution in [0.15, 0.2) is 303 Å². The summed E-state index contributed by atoms with van der Waals surface area (Å²) in [6.45, 7) is 0. The molecule has 0 unspecified atom stereocenters. The lowest BCUT2D eigenvalue weighted by Gasteiger charge is -2.42. The number of fused-ring (bicyclic) bond motifs is 2. The minimum absolute atomic E-state index is 0.616. The Bertz CT molecular complexity index is 3670. The van der Waals surface area contributed by atoms with Crippen molar-refractivity contribution in [1.82, 2.24) is 0 Å². The van der Waals surface area contributed by atoms with E-state index in [4.69, 9.17) is 0 Å². The van der Waals surface area contributed by atoms with Crippen LogP contribution in [0.3, 0.4) is 0 Å². The zero-order chi connectivity index (χ0) is 48.6. The first-order valence-electron chi connectivity index (χ1n) is 25.2. The van der Waals surface area contributed by atoms with Gasteiger partial charge in [-0.2, -0.15) is 0 Å². The molecule has 0 saturated carbocycles. The predicted molar refractivity (Wildman–Crippen MR) is 307 cm³/mol. The summed E-state index contributed by atoms with van der Waals surface area (Å²) in [6, 6.07) is 111. The van der Waals surface area contributed by atoms with E-state index >= 15 is 0 Å². The Morgan fingerprint density at radius 1 is 0.219 bits per heavy atom. The van der Waals surface area contributed by atoms with Crippen LogP contribution in [0.2, 0.25) is 0 Å². The van der Waals surface area contributed by atoms with Crippen molar-refractivity contribution in [2.24, 2.45) is 0 Å². The van der Waals surface area contributed by atoms with Crippen LogP contribution in [0.25, 0.3) is 55.3 Å². The highest BCUT2D eigenvalue weighted by Gasteiger charge is 2.44. The monoisotopic (exact) mass is 930 g/mol. The van der Waals surface area contributed by atoms with Gasteiger partial charge in [0.25, 0.3) is 0 Å². The van der Waals surface area contributed by atoms with Gasteiger partial charge in [0.05, 0.1) is 5.41 Å². The number of nitrogens with zero attached hydrogens (tertiary/aromatic N) is 2. The molecule has 0 N–H and O–H groups in total. The minimum atomic E-state index is -0.616. The second-order valence-electron chi connectivity index (χ2n) is 18.9. The molecule has 0 bridgehead atoms. The van der Waals surface area contributed by atoms with Crippen LogP contribution in [-0.4, -0.2) is 0 Å². The molecular formula is C71H50N2. The molecule has 12 aromatic carbocycles. The molecule has 0 spiro atoms. The molecule has 0 aliphatic heterocycles. The van der Waals surface area contributed by atoms with E-state index in [-0.39, 0.29) is 0 Å². The number of benzene rings is 12. The summed E-state index contributed by atoms with van der Waals surface area (Å²) in [6.07, 6.45) is 0. The molecule has 2 heteroatoms. The largest absolute Gasteiger partial charge is 0.310 e. The van der Waals surface area contributed by atoms with Gasteiger partial charge in [-0.05, 0) is 150 Å². The van der Waals surface area contributed by atoms with Crippen LogP contribution in [-0.2, 0) is 5.41 Å². The number of hydrogen-bond donors (Lipinski definition) is 0. The Morgan fingerprint density at radius 3 is 1.10 bits per heavy atom. The topological polar surface area (TPSA) is 6.48 Å². The first-order valence-corrected chi connectivity index (χ1v) is 25.2. The SMILES string of the molecule is c1ccc(-c2ccc(N(c3ccccc3)c3cc(-c4ccc5c(c4)C(c4ccccc4)(c4ccccc4)c4cccc6cccc-5c46)cc(N(c4ccccc4)c4ccc(-c5ccccc5)cc4)c3)cc2)cc1. The number of anilines is 6. The first-order chi connectivity index (χ1) is 36.2. The van der Waals surface area contributed by atoms with Crippen molar-refractivity contribution in [2.75, 3.05) is 9.80 Å². The summed E-state index contributed by atoms with van der Waals surface area (Å²) in [5.41, 5.74) is 20.2. The molecule has 0 fully saturated rings. The molecule has 12 aromatic rings. The zero-order valence-corrected chi connectivity index (χ0v) is 40.3. The fraction of sp³-hybridized carbons (Fsp3) is 0.0141. The van der Waals surface area contributed by atoms with Crippen LogP contribution in [0.5, 0.6) is 0 Å². The van der Waals surface area contributed by atoms with Crippen LogP contribution < -0.4 is 9.80 Å². The molecule has 1 aliphatic rings. The summed E-state index contributed by atoms with van der Waals surface area (Å²) in [4.78, 5) is 4.80. The van der Waals surface area contributed by atoms with Gasteiger partial charge >= 0.3 is 0 Å². The molecular weight excluding hydrogens is 881 g/mol. The standard InChI is InChI=1S/C71H50N2/c1-7-21-51(22-8-1)53-37-42-62(43-38-53)72(60-31-15-5-16-32-60)64-47-57(48-65(50-64)73(61-33-17-6-18-34-61)63-44-39-54(40-45-63)52-23-9-2-10-24-52)56-41-46-66-67-35-19-25-55-26-20-36-68(70(55)67)71(69(66)49-56,58-27-11-3-12-28-58)59-29-13-4-14-30-59/h1-50H. The van der Waals surface area contributed by atoms with E-state index in [1.165, 1.54) is 66.4 Å². The van der Waals surface area contributed by atoms with Crippen LogP contribution in [0.4, 0.5) is 34.1 Å². The van der Waals surface area contributed by atoms with Crippen molar-refractivity contribution in [3.63, 3.8) is 0 Å². The summed E-state index contributed by atoms with van der Waals surface area (Å²) >= 11 is 0. The zero-order valence-electron chi connectivity index (χ0n) is 40.3. The second kappa shape index (κ2) is 18.7. The summed E-state index contributed by atoms with van der Waals surface area (Å²) < 4.78 is 0. The number of hydrogen-bond acceptors (Lipinski definition) is 2. The summed E-state index contributed by atoms with van der Waals surface area (Å²) in [7, 11) is 0. The normalized spacial score (nSPS) is 12.2. The van der Waals surface area contributed by atoms with Crippen molar-refractivity contribution in [1.29, 1.82) is 0 Å². The van der Waals surface area contributed by atoms with Gasteiger partial charge in [0.1, 0.15) is 0 Å². The lowest BCUT2D eigenvalue weighted by molar-refractivity contribution is 0.750. The van der Waals surface area contributed by atoms with Gasteiger partial charge in [0.2, 0.25) is 0 Å². The van der Waals surface area contributed by atoms with Gasteiger partial charge in [-0.3, -0.25) is 0 Å². The van der Waals surface area contributed by atoms with E-state index in [1.54, 1.807) is 0 Å². The molecule has 73 heavy (non-hydrogen) atoms. The van der Waals surface area contributed by atoms with E-state index in [9.17, 15) is 0 Å². The quantitative estimate of drug-likeness (QED) is 0.128. The molecule has 0 heterocycles. The number of rotatable bonds is 11. The summed E-state index contributed by atoms with van der Waals surface area (Å²) in [5, 5.41) is 2.55. The third-order valence-electron chi connectivity index (χ3n) is 14.7. The third-order valence-corrected chi connectivity index (χ3v) is 14.7. The van der Waals surface area contributed by atoms with Gasteiger partial charge in [-0.1, -0.05) is 231 Å². The Morgan fingerprint density at radius 2 is 0.616 bits per heavy atom. The maximum absolute atomic E-state index is 2.50. The van der Waals surface area contributed by atoms with Crippen molar-refractivity contribution in [2.45, 2.75) is 5.41 Å². The van der Waals surface area contributed by atoms with Gasteiger partial charge < -0.3 is 9.80 Å². The molecule has 2 nitrogen and oxygen atoms in total. The average molecular weight is 931 g/mol. The highest BCUT2D eigenvalue weighted by molar-refractivity contribution is 6.05. The van der Waals surface area contributed by atoms with Crippen molar-refractivity contribution < 1.29 is 0 Å². The summed E-state index contributed by atoms with van der Waals surface area (Å²) in [5.74, 6) is 0. The Hall–Kier alpha value is -9.50. The molecule has 0 atom stereocenters.